The first-order chi connectivity index (χ1) is 11.4. The molecule has 3 N–H and O–H groups in total. The number of nitrogens with zero attached hydrogens (tertiary/aromatic N) is 3. The van der Waals surface area contributed by atoms with E-state index in [0.29, 0.717) is 0 Å². The van der Waals surface area contributed by atoms with Crippen LogP contribution in [0, 0.1) is 56.7 Å². The van der Waals surface area contributed by atoms with Crippen molar-refractivity contribution in [3.8, 4) is 18.2 Å². The number of nitrogens with two attached hydrogens (primary N) is 1. The minimum Gasteiger partial charge on any atom is -0.336 e. The average Bonchev–Trinajstić information content (AvgIpc) is 2.77. The standard InChI is InChI=1S/C18H17N5O/c1-11-14(13-6-4-3-5-7-13)16(8-19,9-20)17(10-21)12(2)18(11,22)23-15(17)24/h3-7,11-12,14H,22H2,1-2H3,(H,23,24)/t11-,12+,14-,17-,18-/m1/s1. The second kappa shape index (κ2) is 4.81. The van der Waals surface area contributed by atoms with Crippen molar-refractivity contribution in [2.45, 2.75) is 25.4 Å². The Morgan fingerprint density at radius 1 is 1.08 bits per heavy atom. The first-order valence-electron chi connectivity index (χ1n) is 7.76. The Kier molecular flexibility index (Phi) is 3.20. The fourth-order valence-electron chi connectivity index (χ4n) is 4.66. The van der Waals surface area contributed by atoms with Gasteiger partial charge in [-0.1, -0.05) is 44.2 Å². The Balaban J connectivity index is 2.40. The quantitative estimate of drug-likeness (QED) is 0.808. The molecule has 1 aromatic carbocycles. The van der Waals surface area contributed by atoms with Crippen molar-refractivity contribution in [3.05, 3.63) is 35.9 Å². The Hall–Kier alpha value is -2.88. The van der Waals surface area contributed by atoms with Crippen LogP contribution in [-0.2, 0) is 4.79 Å². The van der Waals surface area contributed by atoms with E-state index >= 15 is 0 Å². The van der Waals surface area contributed by atoms with Gasteiger partial charge in [0.2, 0.25) is 5.91 Å². The van der Waals surface area contributed by atoms with E-state index in [4.69, 9.17) is 5.73 Å². The number of nitrogens with one attached hydrogen (secondary N) is 1. The van der Waals surface area contributed by atoms with Gasteiger partial charge >= 0.3 is 0 Å². The number of hydrogen-bond donors (Lipinski definition) is 2. The maximum absolute atomic E-state index is 12.8. The molecule has 2 aliphatic rings. The molecule has 1 aliphatic heterocycles. The van der Waals surface area contributed by atoms with E-state index in [0.717, 1.165) is 5.56 Å². The van der Waals surface area contributed by atoms with Gasteiger partial charge in [0, 0.05) is 17.8 Å². The lowest BCUT2D eigenvalue weighted by Gasteiger charge is -2.52. The van der Waals surface area contributed by atoms with Crippen LogP contribution in [0.5, 0.6) is 0 Å². The first kappa shape index (κ1) is 16.0. The number of carbonyl (C=O) groups is 1. The van der Waals surface area contributed by atoms with E-state index in [9.17, 15) is 20.6 Å². The van der Waals surface area contributed by atoms with Crippen LogP contribution in [0.2, 0.25) is 0 Å². The molecule has 2 fully saturated rings. The normalized spacial score (nSPS) is 39.2. The van der Waals surface area contributed by atoms with Crippen LogP contribution < -0.4 is 11.1 Å². The summed E-state index contributed by atoms with van der Waals surface area (Å²) >= 11 is 0. The molecule has 0 radical (unpaired) electrons. The van der Waals surface area contributed by atoms with Crippen LogP contribution in [0.25, 0.3) is 0 Å². The fraction of sp³-hybridized carbons (Fsp3) is 0.444. The topological polar surface area (TPSA) is 126 Å². The molecule has 6 nitrogen and oxygen atoms in total. The maximum Gasteiger partial charge on any atom is 0.245 e. The molecule has 1 amide bonds. The van der Waals surface area contributed by atoms with E-state index in [1.54, 1.807) is 31.2 Å². The van der Waals surface area contributed by atoms with Gasteiger partial charge in [-0.2, -0.15) is 15.8 Å². The fourth-order valence-corrected chi connectivity index (χ4v) is 4.66. The Bertz CT molecular complexity index is 816. The minimum atomic E-state index is -1.81. The van der Waals surface area contributed by atoms with Crippen molar-refractivity contribution in [2.75, 3.05) is 0 Å². The molecule has 1 aromatic rings. The van der Waals surface area contributed by atoms with Gasteiger partial charge in [-0.15, -0.1) is 0 Å². The highest BCUT2D eigenvalue weighted by molar-refractivity contribution is 5.93. The Morgan fingerprint density at radius 3 is 2.17 bits per heavy atom. The van der Waals surface area contributed by atoms with Gasteiger partial charge in [-0.05, 0) is 5.56 Å². The number of rotatable bonds is 1. The van der Waals surface area contributed by atoms with Crippen LogP contribution >= 0.6 is 0 Å². The molecule has 24 heavy (non-hydrogen) atoms. The highest BCUT2D eigenvalue weighted by atomic mass is 16.2. The minimum absolute atomic E-state index is 0.401. The largest absolute Gasteiger partial charge is 0.336 e. The van der Waals surface area contributed by atoms with E-state index < -0.39 is 40.2 Å². The van der Waals surface area contributed by atoms with Crippen LogP contribution in [0.15, 0.2) is 30.3 Å². The van der Waals surface area contributed by atoms with Gasteiger partial charge in [0.05, 0.1) is 23.9 Å². The zero-order valence-electron chi connectivity index (χ0n) is 13.4. The van der Waals surface area contributed by atoms with Crippen LogP contribution in [0.3, 0.4) is 0 Å². The molecular weight excluding hydrogens is 302 g/mol. The number of amides is 1. The number of benzene rings is 1. The Labute approximate surface area is 140 Å². The summed E-state index contributed by atoms with van der Waals surface area (Å²) in [6, 6.07) is 15.1. The van der Waals surface area contributed by atoms with Crippen molar-refractivity contribution in [1.29, 1.82) is 15.8 Å². The summed E-state index contributed by atoms with van der Waals surface area (Å²) in [5.41, 5.74) is 2.45. The summed E-state index contributed by atoms with van der Waals surface area (Å²) in [6.45, 7) is 3.49. The third-order valence-corrected chi connectivity index (χ3v) is 6.08. The second-order valence-electron chi connectivity index (χ2n) is 6.74. The first-order valence-corrected chi connectivity index (χ1v) is 7.76. The maximum atomic E-state index is 12.8. The molecule has 1 aliphatic carbocycles. The zero-order chi connectivity index (χ0) is 17.8. The van der Waals surface area contributed by atoms with Gasteiger partial charge < -0.3 is 11.1 Å². The smallest absolute Gasteiger partial charge is 0.245 e. The summed E-state index contributed by atoms with van der Waals surface area (Å²) in [6.07, 6.45) is 0. The predicted molar refractivity (Wildman–Crippen MR) is 84.3 cm³/mol. The number of fused-ring (bicyclic) bond motifs is 2. The molecule has 0 spiro atoms. The number of nitriles is 3. The number of hydrogen-bond acceptors (Lipinski definition) is 5. The van der Waals surface area contributed by atoms with Crippen molar-refractivity contribution in [2.24, 2.45) is 28.4 Å². The van der Waals surface area contributed by atoms with Crippen LogP contribution in [0.4, 0.5) is 0 Å². The van der Waals surface area contributed by atoms with E-state index in [2.05, 4.69) is 5.32 Å². The molecule has 0 aromatic heterocycles. The highest BCUT2D eigenvalue weighted by Gasteiger charge is 2.79. The monoisotopic (exact) mass is 319 g/mol. The molecular formula is C18H17N5O. The summed E-state index contributed by atoms with van der Waals surface area (Å²) in [5, 5.41) is 32.6. The lowest BCUT2D eigenvalue weighted by atomic mass is 9.45. The van der Waals surface area contributed by atoms with Crippen LogP contribution in [0.1, 0.15) is 25.3 Å². The SMILES string of the molecule is C[C@@H]1[C@H](c2ccccc2)C(C#N)(C#N)[C@@]2(C#N)C(=O)N[C@@]1(N)[C@H]2C. The summed E-state index contributed by atoms with van der Waals surface area (Å²) in [7, 11) is 0. The van der Waals surface area contributed by atoms with Gasteiger partial charge in [0.25, 0.3) is 0 Å². The molecule has 3 rings (SSSR count). The van der Waals surface area contributed by atoms with Crippen molar-refractivity contribution >= 4 is 5.91 Å². The molecule has 1 saturated carbocycles. The summed E-state index contributed by atoms with van der Waals surface area (Å²) < 4.78 is 0. The van der Waals surface area contributed by atoms with Gasteiger partial charge in [-0.3, -0.25) is 4.79 Å². The molecule has 5 atom stereocenters. The van der Waals surface area contributed by atoms with Gasteiger partial charge in [-0.25, -0.2) is 0 Å². The molecule has 6 heteroatoms. The third kappa shape index (κ3) is 1.44. The van der Waals surface area contributed by atoms with Crippen molar-refractivity contribution < 1.29 is 4.79 Å². The van der Waals surface area contributed by atoms with E-state index in [-0.39, 0.29) is 0 Å². The predicted octanol–water partition coefficient (Wildman–Crippen LogP) is 1.38. The number of carbonyl (C=O) groups excluding carboxylic acids is 1. The lowest BCUT2D eigenvalue weighted by molar-refractivity contribution is -0.129. The lowest BCUT2D eigenvalue weighted by Crippen LogP contribution is -2.66. The average molecular weight is 319 g/mol. The molecule has 0 unspecified atom stereocenters. The zero-order valence-corrected chi connectivity index (χ0v) is 13.4. The molecule has 120 valence electrons. The molecule has 1 heterocycles. The Morgan fingerprint density at radius 2 is 1.67 bits per heavy atom. The van der Waals surface area contributed by atoms with E-state index in [1.807, 2.05) is 31.2 Å². The van der Waals surface area contributed by atoms with Crippen molar-refractivity contribution in [1.82, 2.24) is 5.32 Å². The van der Waals surface area contributed by atoms with Gasteiger partial charge in [0.1, 0.15) is 0 Å². The molecule has 1 saturated heterocycles. The third-order valence-electron chi connectivity index (χ3n) is 6.08. The highest BCUT2D eigenvalue weighted by Crippen LogP contribution is 2.66. The van der Waals surface area contributed by atoms with E-state index in [1.165, 1.54) is 0 Å². The van der Waals surface area contributed by atoms with Crippen LogP contribution in [-0.4, -0.2) is 11.6 Å². The summed E-state index contributed by atoms with van der Waals surface area (Å²) in [4.78, 5) is 12.8. The molecule has 2 bridgehead atoms. The second-order valence-corrected chi connectivity index (χ2v) is 6.74. The van der Waals surface area contributed by atoms with Gasteiger partial charge in [0.15, 0.2) is 10.8 Å². The van der Waals surface area contributed by atoms with Crippen molar-refractivity contribution in [3.63, 3.8) is 0 Å². The summed E-state index contributed by atoms with van der Waals surface area (Å²) in [5.74, 6) is -2.36.